The van der Waals surface area contributed by atoms with Gasteiger partial charge in [-0.2, -0.15) is 0 Å². The third kappa shape index (κ3) is 5.17. The van der Waals surface area contributed by atoms with E-state index in [1.54, 1.807) is 11.8 Å². The number of hydrogen-bond acceptors (Lipinski definition) is 4. The SMILES string of the molecule is CN(Cc1ccc2c(c1)OCO2)C(=S)NCCSc1ccc(Cl)cc1. The molecule has 2 aromatic rings. The number of thioether (sulfide) groups is 1. The predicted octanol–water partition coefficient (Wildman–Crippen LogP) is 4.17. The number of fused-ring (bicyclic) bond motifs is 1. The average molecular weight is 395 g/mol. The molecule has 0 unspecified atom stereocenters. The Labute approximate surface area is 162 Å². The van der Waals surface area contributed by atoms with Crippen LogP contribution in [0.1, 0.15) is 5.56 Å². The van der Waals surface area contributed by atoms with Crippen LogP contribution in [-0.4, -0.2) is 36.2 Å². The van der Waals surface area contributed by atoms with Crippen LogP contribution in [0.3, 0.4) is 0 Å². The fourth-order valence-electron chi connectivity index (χ4n) is 2.38. The number of hydrogen-bond donors (Lipinski definition) is 1. The maximum absolute atomic E-state index is 5.89. The maximum Gasteiger partial charge on any atom is 0.231 e. The Morgan fingerprint density at radius 3 is 2.76 bits per heavy atom. The van der Waals surface area contributed by atoms with E-state index >= 15 is 0 Å². The smallest absolute Gasteiger partial charge is 0.231 e. The van der Waals surface area contributed by atoms with Gasteiger partial charge in [0.2, 0.25) is 6.79 Å². The fourth-order valence-corrected chi connectivity index (χ4v) is 3.44. The Morgan fingerprint density at radius 1 is 1.20 bits per heavy atom. The van der Waals surface area contributed by atoms with Crippen LogP contribution >= 0.6 is 35.6 Å². The van der Waals surface area contributed by atoms with Crippen LogP contribution in [0.15, 0.2) is 47.4 Å². The molecule has 132 valence electrons. The van der Waals surface area contributed by atoms with Crippen molar-refractivity contribution in [1.29, 1.82) is 0 Å². The van der Waals surface area contributed by atoms with E-state index in [9.17, 15) is 0 Å². The summed E-state index contributed by atoms with van der Waals surface area (Å²) in [5, 5.41) is 4.78. The van der Waals surface area contributed by atoms with Crippen LogP contribution < -0.4 is 14.8 Å². The molecule has 0 spiro atoms. The molecule has 0 saturated heterocycles. The van der Waals surface area contributed by atoms with E-state index in [0.717, 1.165) is 39.5 Å². The molecule has 0 atom stereocenters. The van der Waals surface area contributed by atoms with Gasteiger partial charge >= 0.3 is 0 Å². The first-order valence-electron chi connectivity index (χ1n) is 7.88. The molecule has 0 bridgehead atoms. The summed E-state index contributed by atoms with van der Waals surface area (Å²) in [6.45, 7) is 1.81. The van der Waals surface area contributed by atoms with Gasteiger partial charge in [0.05, 0.1) is 0 Å². The number of nitrogens with one attached hydrogen (secondary N) is 1. The van der Waals surface area contributed by atoms with E-state index in [1.165, 1.54) is 4.90 Å². The Morgan fingerprint density at radius 2 is 1.96 bits per heavy atom. The lowest BCUT2D eigenvalue weighted by molar-refractivity contribution is 0.174. The molecule has 0 saturated carbocycles. The first kappa shape index (κ1) is 18.2. The van der Waals surface area contributed by atoms with E-state index in [2.05, 4.69) is 5.32 Å². The van der Waals surface area contributed by atoms with Crippen molar-refractivity contribution in [3.8, 4) is 11.5 Å². The summed E-state index contributed by atoms with van der Waals surface area (Å²) in [5.74, 6) is 2.52. The van der Waals surface area contributed by atoms with Gasteiger partial charge in [-0.25, -0.2) is 0 Å². The number of thiocarbonyl (C=S) groups is 1. The summed E-state index contributed by atoms with van der Waals surface area (Å²) in [6.07, 6.45) is 0. The topological polar surface area (TPSA) is 33.7 Å². The van der Waals surface area contributed by atoms with Crippen molar-refractivity contribution in [3.05, 3.63) is 53.1 Å². The van der Waals surface area contributed by atoms with E-state index in [0.29, 0.717) is 13.3 Å². The summed E-state index contributed by atoms with van der Waals surface area (Å²) in [4.78, 5) is 3.21. The van der Waals surface area contributed by atoms with Crippen molar-refractivity contribution in [1.82, 2.24) is 10.2 Å². The normalized spacial score (nSPS) is 12.1. The molecule has 0 fully saturated rings. The summed E-state index contributed by atoms with van der Waals surface area (Å²) >= 11 is 13.1. The molecule has 0 radical (unpaired) electrons. The summed E-state index contributed by atoms with van der Waals surface area (Å²) < 4.78 is 10.7. The Hall–Kier alpha value is -1.63. The van der Waals surface area contributed by atoms with Gasteiger partial charge in [0, 0.05) is 35.8 Å². The lowest BCUT2D eigenvalue weighted by Crippen LogP contribution is -2.37. The zero-order valence-electron chi connectivity index (χ0n) is 13.8. The first-order valence-corrected chi connectivity index (χ1v) is 9.65. The average Bonchev–Trinajstić information content (AvgIpc) is 3.07. The van der Waals surface area contributed by atoms with Crippen molar-refractivity contribution >= 4 is 40.7 Å². The van der Waals surface area contributed by atoms with Crippen LogP contribution in [0.5, 0.6) is 11.5 Å². The summed E-state index contributed by atoms with van der Waals surface area (Å²) in [7, 11) is 1.98. The van der Waals surface area contributed by atoms with Crippen molar-refractivity contribution < 1.29 is 9.47 Å². The third-order valence-electron chi connectivity index (χ3n) is 3.66. The molecule has 1 heterocycles. The minimum absolute atomic E-state index is 0.292. The minimum Gasteiger partial charge on any atom is -0.454 e. The van der Waals surface area contributed by atoms with Gasteiger partial charge in [-0.1, -0.05) is 17.7 Å². The Bertz CT molecular complexity index is 740. The van der Waals surface area contributed by atoms with E-state index in [-0.39, 0.29) is 0 Å². The molecule has 1 aliphatic rings. The lowest BCUT2D eigenvalue weighted by Gasteiger charge is -2.21. The molecule has 0 aliphatic carbocycles. The van der Waals surface area contributed by atoms with E-state index in [4.69, 9.17) is 33.3 Å². The van der Waals surface area contributed by atoms with Gasteiger partial charge in [0.25, 0.3) is 0 Å². The number of nitrogens with zero attached hydrogens (tertiary/aromatic N) is 1. The molecule has 1 aliphatic heterocycles. The molecule has 0 amide bonds. The highest BCUT2D eigenvalue weighted by molar-refractivity contribution is 7.99. The van der Waals surface area contributed by atoms with Crippen molar-refractivity contribution in [3.63, 3.8) is 0 Å². The van der Waals surface area contributed by atoms with Crippen molar-refractivity contribution in [2.24, 2.45) is 0 Å². The highest BCUT2D eigenvalue weighted by Crippen LogP contribution is 2.32. The van der Waals surface area contributed by atoms with Gasteiger partial charge in [-0.05, 0) is 54.2 Å². The lowest BCUT2D eigenvalue weighted by atomic mass is 10.2. The number of benzene rings is 2. The van der Waals surface area contributed by atoms with Gasteiger partial charge in [0.15, 0.2) is 16.6 Å². The molecule has 25 heavy (non-hydrogen) atoms. The standard InChI is InChI=1S/C18H19ClN2O2S2/c1-21(11-13-2-7-16-17(10-13)23-12-22-16)18(24)20-8-9-25-15-5-3-14(19)4-6-15/h2-7,10H,8-9,11-12H2,1H3,(H,20,24). The van der Waals surface area contributed by atoms with Crippen LogP contribution in [0.25, 0.3) is 0 Å². The molecule has 3 rings (SSSR count). The molecule has 1 N–H and O–H groups in total. The third-order valence-corrected chi connectivity index (χ3v) is 5.39. The van der Waals surface area contributed by atoms with Gasteiger partial charge in [-0.3, -0.25) is 0 Å². The Kier molecular flexibility index (Phi) is 6.29. The molecule has 0 aromatic heterocycles. The van der Waals surface area contributed by atoms with Crippen LogP contribution in [0.2, 0.25) is 5.02 Å². The summed E-state index contributed by atoms with van der Waals surface area (Å²) in [6, 6.07) is 13.8. The molecule has 4 nitrogen and oxygen atoms in total. The largest absolute Gasteiger partial charge is 0.454 e. The Balaban J connectivity index is 1.41. The molecular formula is C18H19ClN2O2S2. The molecular weight excluding hydrogens is 376 g/mol. The van der Waals surface area contributed by atoms with Gasteiger partial charge in [0.1, 0.15) is 0 Å². The first-order chi connectivity index (χ1) is 12.1. The van der Waals surface area contributed by atoms with Crippen LogP contribution in [-0.2, 0) is 6.54 Å². The fraction of sp³-hybridized carbons (Fsp3) is 0.278. The second-order valence-corrected chi connectivity index (χ2v) is 7.57. The highest BCUT2D eigenvalue weighted by atomic mass is 35.5. The second kappa shape index (κ2) is 8.65. The van der Waals surface area contributed by atoms with Gasteiger partial charge in [-0.15, -0.1) is 11.8 Å². The minimum atomic E-state index is 0.292. The number of ether oxygens (including phenoxy) is 2. The maximum atomic E-state index is 5.89. The van der Waals surface area contributed by atoms with Crippen LogP contribution in [0, 0.1) is 0 Å². The monoisotopic (exact) mass is 394 g/mol. The van der Waals surface area contributed by atoms with Crippen molar-refractivity contribution in [2.75, 3.05) is 26.1 Å². The van der Waals surface area contributed by atoms with Gasteiger partial charge < -0.3 is 19.7 Å². The predicted molar refractivity (Wildman–Crippen MR) is 107 cm³/mol. The zero-order valence-corrected chi connectivity index (χ0v) is 16.2. The molecule has 2 aromatic carbocycles. The number of halogens is 1. The number of rotatable bonds is 6. The summed E-state index contributed by atoms with van der Waals surface area (Å²) in [5.41, 5.74) is 1.13. The van der Waals surface area contributed by atoms with Crippen molar-refractivity contribution in [2.45, 2.75) is 11.4 Å². The zero-order chi connectivity index (χ0) is 17.6. The van der Waals surface area contributed by atoms with Crippen LogP contribution in [0.4, 0.5) is 0 Å². The second-order valence-electron chi connectivity index (χ2n) is 5.58. The van der Waals surface area contributed by atoms with E-state index in [1.807, 2.05) is 54.4 Å². The quantitative estimate of drug-likeness (QED) is 0.450. The highest BCUT2D eigenvalue weighted by Gasteiger charge is 2.14. The molecule has 7 heteroatoms. The van der Waals surface area contributed by atoms with E-state index < -0.39 is 0 Å².